The van der Waals surface area contributed by atoms with Crippen molar-refractivity contribution in [3.8, 4) is 5.75 Å². The lowest BCUT2D eigenvalue weighted by Crippen LogP contribution is -2.51. The summed E-state index contributed by atoms with van der Waals surface area (Å²) in [5.74, 6) is -0.127. The van der Waals surface area contributed by atoms with E-state index in [2.05, 4.69) is 10.2 Å². The summed E-state index contributed by atoms with van der Waals surface area (Å²) < 4.78 is 17.0. The van der Waals surface area contributed by atoms with Crippen LogP contribution in [0.3, 0.4) is 0 Å². The SMILES string of the molecule is CC(C)(C)OC(=O)N1CCN(CCCNC(=O)[C@H](N)Cc2ccc(O)cc2)CCN(C(=O)OC(C)(C)C)CCN(C(=O)OC(C)(C)C)CC1. The number of aromatic hydroxyl groups is 1. The van der Waals surface area contributed by atoms with Crippen LogP contribution in [0.25, 0.3) is 0 Å². The molecule has 0 aliphatic carbocycles. The Morgan fingerprint density at radius 3 is 1.43 bits per heavy atom. The number of hydrogen-bond donors (Lipinski definition) is 3. The first-order chi connectivity index (χ1) is 22.6. The summed E-state index contributed by atoms with van der Waals surface area (Å²) in [6.07, 6.45) is -0.574. The number of nitrogens with one attached hydrogen (secondary N) is 1. The van der Waals surface area contributed by atoms with E-state index in [0.717, 1.165) is 5.56 Å². The molecule has 0 aromatic heterocycles. The molecule has 0 radical (unpaired) electrons. The molecule has 1 heterocycles. The maximum atomic E-state index is 13.3. The van der Waals surface area contributed by atoms with Crippen molar-refractivity contribution in [1.82, 2.24) is 24.9 Å². The predicted molar refractivity (Wildman–Crippen MR) is 187 cm³/mol. The van der Waals surface area contributed by atoms with Crippen LogP contribution in [0.4, 0.5) is 14.4 Å². The van der Waals surface area contributed by atoms with Gasteiger partial charge in [-0.05, 0) is 99.4 Å². The second kappa shape index (κ2) is 18.3. The fraction of sp³-hybridized carbons (Fsp3) is 0.714. The van der Waals surface area contributed by atoms with E-state index in [-0.39, 0.29) is 37.8 Å². The number of phenolic OH excluding ortho intramolecular Hbond substituents is 1. The fourth-order valence-electron chi connectivity index (χ4n) is 4.83. The number of nitrogens with two attached hydrogens (primary N) is 1. The maximum Gasteiger partial charge on any atom is 0.410 e. The average Bonchev–Trinajstić information content (AvgIpc) is 2.94. The lowest BCUT2D eigenvalue weighted by molar-refractivity contribution is -0.122. The summed E-state index contributed by atoms with van der Waals surface area (Å²) in [6.45, 7) is 19.4. The van der Waals surface area contributed by atoms with Crippen LogP contribution in [0.2, 0.25) is 0 Å². The molecule has 1 saturated heterocycles. The van der Waals surface area contributed by atoms with Crippen molar-refractivity contribution >= 4 is 24.2 Å². The van der Waals surface area contributed by atoms with E-state index in [0.29, 0.717) is 52.1 Å². The van der Waals surface area contributed by atoms with Gasteiger partial charge < -0.3 is 45.1 Å². The van der Waals surface area contributed by atoms with Crippen molar-refractivity contribution in [3.63, 3.8) is 0 Å². The monoisotopic (exact) mass is 692 g/mol. The minimum atomic E-state index is -0.740. The van der Waals surface area contributed by atoms with Crippen molar-refractivity contribution in [2.24, 2.45) is 5.73 Å². The van der Waals surface area contributed by atoms with Crippen LogP contribution in [0.15, 0.2) is 24.3 Å². The number of carbonyl (C=O) groups is 4. The van der Waals surface area contributed by atoms with Crippen molar-refractivity contribution < 1.29 is 38.5 Å². The van der Waals surface area contributed by atoms with Gasteiger partial charge in [-0.2, -0.15) is 0 Å². The van der Waals surface area contributed by atoms with Crippen LogP contribution >= 0.6 is 0 Å². The van der Waals surface area contributed by atoms with E-state index in [1.807, 2.05) is 0 Å². The Morgan fingerprint density at radius 2 is 1.06 bits per heavy atom. The van der Waals surface area contributed by atoms with Gasteiger partial charge in [0.15, 0.2) is 0 Å². The Bertz CT molecular complexity index is 1180. The van der Waals surface area contributed by atoms with Crippen molar-refractivity contribution in [2.75, 3.05) is 65.4 Å². The highest BCUT2D eigenvalue weighted by atomic mass is 16.6. The smallest absolute Gasteiger partial charge is 0.410 e. The molecule has 14 heteroatoms. The van der Waals surface area contributed by atoms with Gasteiger partial charge in [-0.15, -0.1) is 0 Å². The highest BCUT2D eigenvalue weighted by molar-refractivity contribution is 5.81. The van der Waals surface area contributed by atoms with Gasteiger partial charge in [-0.25, -0.2) is 14.4 Å². The summed E-state index contributed by atoms with van der Waals surface area (Å²) >= 11 is 0. The normalized spacial score (nSPS) is 16.6. The Balaban J connectivity index is 2.18. The summed E-state index contributed by atoms with van der Waals surface area (Å²) in [5.41, 5.74) is 4.83. The van der Waals surface area contributed by atoms with Crippen LogP contribution < -0.4 is 11.1 Å². The molecule has 1 atom stereocenters. The van der Waals surface area contributed by atoms with Gasteiger partial charge in [0, 0.05) is 58.9 Å². The molecule has 4 N–H and O–H groups in total. The molecule has 0 bridgehead atoms. The van der Waals surface area contributed by atoms with Crippen LogP contribution in [-0.4, -0.2) is 137 Å². The third-order valence-electron chi connectivity index (χ3n) is 7.29. The van der Waals surface area contributed by atoms with E-state index in [1.165, 1.54) is 4.90 Å². The number of ether oxygens (including phenoxy) is 3. The van der Waals surface area contributed by atoms with Gasteiger partial charge in [-0.1, -0.05) is 12.1 Å². The number of hydrogen-bond acceptors (Lipinski definition) is 10. The zero-order valence-electron chi connectivity index (χ0n) is 31.0. The molecule has 0 unspecified atom stereocenters. The molecular formula is C35H60N6O8. The van der Waals surface area contributed by atoms with Crippen LogP contribution in [0.1, 0.15) is 74.3 Å². The first-order valence-electron chi connectivity index (χ1n) is 17.1. The molecule has 2 rings (SSSR count). The second-order valence-corrected chi connectivity index (χ2v) is 15.4. The first-order valence-corrected chi connectivity index (χ1v) is 17.1. The minimum absolute atomic E-state index is 0.148. The lowest BCUT2D eigenvalue weighted by Gasteiger charge is -2.35. The van der Waals surface area contributed by atoms with Gasteiger partial charge in [0.05, 0.1) is 6.04 Å². The van der Waals surface area contributed by atoms with Crippen LogP contribution in [0.5, 0.6) is 5.75 Å². The van der Waals surface area contributed by atoms with E-state index >= 15 is 0 Å². The van der Waals surface area contributed by atoms with Crippen LogP contribution in [-0.2, 0) is 25.4 Å². The minimum Gasteiger partial charge on any atom is -0.508 e. The van der Waals surface area contributed by atoms with Gasteiger partial charge in [-0.3, -0.25) is 9.69 Å². The predicted octanol–water partition coefficient (Wildman–Crippen LogP) is 3.80. The van der Waals surface area contributed by atoms with E-state index in [9.17, 15) is 24.3 Å². The highest BCUT2D eigenvalue weighted by Gasteiger charge is 2.29. The highest BCUT2D eigenvalue weighted by Crippen LogP contribution is 2.15. The van der Waals surface area contributed by atoms with Gasteiger partial charge in [0.1, 0.15) is 22.6 Å². The Hall–Kier alpha value is -3.78. The van der Waals surface area contributed by atoms with Gasteiger partial charge in [0.25, 0.3) is 0 Å². The summed E-state index contributed by atoms with van der Waals surface area (Å²) in [5, 5.41) is 12.4. The largest absolute Gasteiger partial charge is 0.508 e. The van der Waals surface area contributed by atoms with Crippen molar-refractivity contribution in [3.05, 3.63) is 29.8 Å². The molecule has 4 amide bonds. The Morgan fingerprint density at radius 1 is 0.694 bits per heavy atom. The maximum absolute atomic E-state index is 13.3. The molecule has 0 saturated carbocycles. The molecule has 1 fully saturated rings. The first kappa shape index (κ1) is 41.4. The summed E-state index contributed by atoms with van der Waals surface area (Å²) in [6, 6.07) is 5.84. The van der Waals surface area contributed by atoms with Crippen LogP contribution in [0, 0.1) is 0 Å². The Kier molecular flexibility index (Phi) is 15.4. The number of benzene rings is 1. The number of rotatable bonds is 7. The molecule has 1 aliphatic heterocycles. The van der Waals surface area contributed by atoms with Crippen molar-refractivity contribution in [1.29, 1.82) is 0 Å². The van der Waals surface area contributed by atoms with E-state index in [1.54, 1.807) is 96.4 Å². The molecule has 1 aromatic carbocycles. The molecular weight excluding hydrogens is 632 g/mol. The number of carbonyl (C=O) groups excluding carboxylic acids is 4. The molecule has 1 aromatic rings. The van der Waals surface area contributed by atoms with E-state index in [4.69, 9.17) is 19.9 Å². The zero-order valence-corrected chi connectivity index (χ0v) is 31.0. The summed E-state index contributed by atoms with van der Waals surface area (Å²) in [4.78, 5) is 59.3. The van der Waals surface area contributed by atoms with E-state index < -0.39 is 41.1 Å². The topological polar surface area (TPSA) is 167 Å². The third-order valence-corrected chi connectivity index (χ3v) is 7.29. The number of amides is 4. The summed E-state index contributed by atoms with van der Waals surface area (Å²) in [7, 11) is 0. The number of phenols is 1. The molecule has 0 spiro atoms. The van der Waals surface area contributed by atoms with Crippen molar-refractivity contribution in [2.45, 2.75) is 98.0 Å². The molecule has 278 valence electrons. The Labute approximate surface area is 292 Å². The lowest BCUT2D eigenvalue weighted by atomic mass is 10.1. The zero-order chi connectivity index (χ0) is 37.0. The quantitative estimate of drug-likeness (QED) is 0.283. The standard InChI is InChI=1S/C35H60N6O8/c1-33(2,3)47-30(44)39-19-17-38(16-10-15-37-29(43)28(36)25-26-11-13-27(42)14-12-26)18-20-40(31(45)48-34(4,5)6)22-24-41(23-21-39)32(46)49-35(7,8)9/h11-14,28,42H,10,15-25,36H2,1-9H3,(H,37,43)/t28-/m1/s1. The molecule has 14 nitrogen and oxygen atoms in total. The van der Waals surface area contributed by atoms with Gasteiger partial charge >= 0.3 is 18.3 Å². The van der Waals surface area contributed by atoms with Gasteiger partial charge in [0.2, 0.25) is 5.91 Å². The molecule has 1 aliphatic rings. The third kappa shape index (κ3) is 16.9. The number of nitrogens with zero attached hydrogens (tertiary/aromatic N) is 4. The second-order valence-electron chi connectivity index (χ2n) is 15.4. The fourth-order valence-corrected chi connectivity index (χ4v) is 4.83. The molecule has 49 heavy (non-hydrogen) atoms. The average molecular weight is 693 g/mol.